The van der Waals surface area contributed by atoms with Gasteiger partial charge >= 0.3 is 5.97 Å². The second-order valence-corrected chi connectivity index (χ2v) is 6.14. The van der Waals surface area contributed by atoms with Gasteiger partial charge < -0.3 is 15.2 Å². The molecule has 25 heavy (non-hydrogen) atoms. The predicted octanol–water partition coefficient (Wildman–Crippen LogP) is 3.98. The molecule has 132 valence electrons. The third-order valence-corrected chi connectivity index (χ3v) is 3.99. The number of carboxylic acid groups (broad SMARTS) is 1. The van der Waals surface area contributed by atoms with Crippen molar-refractivity contribution in [2.24, 2.45) is 0 Å². The first kappa shape index (κ1) is 18.5. The predicted molar refractivity (Wildman–Crippen MR) is 97.0 cm³/mol. The lowest BCUT2D eigenvalue weighted by atomic mass is 9.98. The van der Waals surface area contributed by atoms with Crippen molar-refractivity contribution < 1.29 is 19.4 Å². The van der Waals surface area contributed by atoms with Crippen molar-refractivity contribution in [3.8, 4) is 5.75 Å². The van der Waals surface area contributed by atoms with E-state index < -0.39 is 12.1 Å². The molecule has 0 aliphatic rings. The number of rotatable bonds is 7. The van der Waals surface area contributed by atoms with E-state index in [2.05, 4.69) is 5.32 Å². The number of carboxylic acids is 1. The number of amides is 1. The maximum atomic E-state index is 12.3. The molecule has 0 saturated heterocycles. The van der Waals surface area contributed by atoms with Crippen LogP contribution in [0.3, 0.4) is 0 Å². The summed E-state index contributed by atoms with van der Waals surface area (Å²) in [5, 5.41) is 11.7. The van der Waals surface area contributed by atoms with Gasteiger partial charge in [0.05, 0.1) is 6.42 Å². The van der Waals surface area contributed by atoms with Gasteiger partial charge in [-0.15, -0.1) is 0 Å². The maximum Gasteiger partial charge on any atom is 0.303 e. The van der Waals surface area contributed by atoms with E-state index in [0.717, 1.165) is 11.1 Å². The second-order valence-electron chi connectivity index (χ2n) is 6.14. The lowest BCUT2D eigenvalue weighted by Gasteiger charge is -2.16. The minimum Gasteiger partial charge on any atom is -0.481 e. The summed E-state index contributed by atoms with van der Waals surface area (Å²) >= 11 is 0. The number of nitrogens with one attached hydrogen (secondary N) is 1. The molecule has 0 aromatic heterocycles. The number of aryl methyl sites for hydroxylation is 1. The summed E-state index contributed by atoms with van der Waals surface area (Å²) in [7, 11) is 0. The van der Waals surface area contributed by atoms with Gasteiger partial charge in [-0.05, 0) is 49.1 Å². The number of ether oxygens (including phenoxy) is 1. The van der Waals surface area contributed by atoms with E-state index in [9.17, 15) is 9.59 Å². The van der Waals surface area contributed by atoms with Gasteiger partial charge in [-0.1, -0.05) is 37.3 Å². The second kappa shape index (κ2) is 8.33. The molecule has 2 rings (SSSR count). The fourth-order valence-corrected chi connectivity index (χ4v) is 2.45. The largest absolute Gasteiger partial charge is 0.481 e. The Bertz CT molecular complexity index is 740. The van der Waals surface area contributed by atoms with Gasteiger partial charge in [0.25, 0.3) is 5.91 Å². The average molecular weight is 341 g/mol. The van der Waals surface area contributed by atoms with Gasteiger partial charge in [-0.25, -0.2) is 0 Å². The van der Waals surface area contributed by atoms with Crippen molar-refractivity contribution in [1.29, 1.82) is 0 Å². The highest BCUT2D eigenvalue weighted by molar-refractivity contribution is 5.94. The zero-order valence-corrected chi connectivity index (χ0v) is 14.7. The molecule has 0 spiro atoms. The van der Waals surface area contributed by atoms with E-state index in [1.54, 1.807) is 19.1 Å². The number of para-hydroxylation sites is 1. The summed E-state index contributed by atoms with van der Waals surface area (Å²) < 4.78 is 5.71. The summed E-state index contributed by atoms with van der Waals surface area (Å²) in [6.45, 7) is 5.49. The van der Waals surface area contributed by atoms with Crippen molar-refractivity contribution in [2.45, 2.75) is 39.2 Å². The van der Waals surface area contributed by atoms with E-state index in [1.165, 1.54) is 0 Å². The number of benzene rings is 2. The molecule has 2 aromatic rings. The molecule has 0 bridgehead atoms. The van der Waals surface area contributed by atoms with Gasteiger partial charge in [-0.2, -0.15) is 0 Å². The van der Waals surface area contributed by atoms with E-state index in [1.807, 2.05) is 50.2 Å². The number of hydrogen-bond donors (Lipinski definition) is 2. The Kier molecular flexibility index (Phi) is 6.17. The number of anilines is 1. The van der Waals surface area contributed by atoms with Crippen LogP contribution >= 0.6 is 0 Å². The molecule has 2 N–H and O–H groups in total. The first-order valence-electron chi connectivity index (χ1n) is 8.21. The molecule has 0 radical (unpaired) electrons. The first-order chi connectivity index (χ1) is 11.9. The Hall–Kier alpha value is -2.82. The molecule has 0 saturated carbocycles. The molecule has 5 nitrogen and oxygen atoms in total. The van der Waals surface area contributed by atoms with Crippen LogP contribution < -0.4 is 10.1 Å². The molecular formula is C20H23NO4. The van der Waals surface area contributed by atoms with Crippen LogP contribution in [-0.4, -0.2) is 23.1 Å². The molecule has 2 atom stereocenters. The van der Waals surface area contributed by atoms with Crippen LogP contribution in [0.2, 0.25) is 0 Å². The Balaban J connectivity index is 1.95. The van der Waals surface area contributed by atoms with Crippen LogP contribution in [0.25, 0.3) is 0 Å². The Labute approximate surface area is 147 Å². The van der Waals surface area contributed by atoms with Crippen LogP contribution in [0.4, 0.5) is 5.69 Å². The monoisotopic (exact) mass is 341 g/mol. The Morgan fingerprint density at radius 1 is 1.08 bits per heavy atom. The molecule has 5 heteroatoms. The molecule has 2 unspecified atom stereocenters. The fourth-order valence-electron chi connectivity index (χ4n) is 2.45. The number of hydrogen-bond acceptors (Lipinski definition) is 3. The molecule has 1 amide bonds. The minimum absolute atomic E-state index is 0.0764. The van der Waals surface area contributed by atoms with Crippen LogP contribution in [0.15, 0.2) is 48.5 Å². The third-order valence-electron chi connectivity index (χ3n) is 3.99. The third kappa shape index (κ3) is 5.35. The zero-order chi connectivity index (χ0) is 18.4. The molecule has 2 aromatic carbocycles. The lowest BCUT2D eigenvalue weighted by molar-refractivity contribution is -0.137. The summed E-state index contributed by atoms with van der Waals surface area (Å²) in [5.74, 6) is -0.463. The Morgan fingerprint density at radius 3 is 2.32 bits per heavy atom. The average Bonchev–Trinajstić information content (AvgIpc) is 2.56. The van der Waals surface area contributed by atoms with Gasteiger partial charge in [0.1, 0.15) is 5.75 Å². The normalized spacial score (nSPS) is 12.9. The van der Waals surface area contributed by atoms with Crippen LogP contribution in [0.5, 0.6) is 5.75 Å². The van der Waals surface area contributed by atoms with Crippen LogP contribution in [0.1, 0.15) is 37.3 Å². The smallest absolute Gasteiger partial charge is 0.303 e. The van der Waals surface area contributed by atoms with Crippen molar-refractivity contribution in [3.63, 3.8) is 0 Å². The van der Waals surface area contributed by atoms with Crippen molar-refractivity contribution in [1.82, 2.24) is 0 Å². The quantitative estimate of drug-likeness (QED) is 0.799. The molecule has 0 fully saturated rings. The van der Waals surface area contributed by atoms with E-state index >= 15 is 0 Å². The molecule has 0 aliphatic carbocycles. The van der Waals surface area contributed by atoms with Crippen molar-refractivity contribution in [3.05, 3.63) is 59.7 Å². The summed E-state index contributed by atoms with van der Waals surface area (Å²) in [6.07, 6.45) is -0.556. The molecular weight excluding hydrogens is 318 g/mol. The van der Waals surface area contributed by atoms with Crippen molar-refractivity contribution >= 4 is 17.6 Å². The van der Waals surface area contributed by atoms with E-state index in [-0.39, 0.29) is 18.2 Å². The number of aliphatic carboxylic acids is 1. The molecule has 0 aliphatic heterocycles. The van der Waals surface area contributed by atoms with Gasteiger partial charge in [0.15, 0.2) is 6.10 Å². The number of carbonyl (C=O) groups is 2. The summed E-state index contributed by atoms with van der Waals surface area (Å²) in [5.41, 5.74) is 2.54. The standard InChI is InChI=1S/C20H23NO4/c1-13-6-4-5-7-18(13)25-15(3)20(24)21-17-10-8-16(9-11-17)14(2)12-19(22)23/h4-11,14-15H,12H2,1-3H3,(H,21,24)(H,22,23). The Morgan fingerprint density at radius 2 is 1.72 bits per heavy atom. The summed E-state index contributed by atoms with van der Waals surface area (Å²) in [4.78, 5) is 23.1. The fraction of sp³-hybridized carbons (Fsp3) is 0.300. The van der Waals surface area contributed by atoms with Crippen molar-refractivity contribution in [2.75, 3.05) is 5.32 Å². The first-order valence-corrected chi connectivity index (χ1v) is 8.21. The SMILES string of the molecule is Cc1ccccc1OC(C)C(=O)Nc1ccc(C(C)CC(=O)O)cc1. The van der Waals surface area contributed by atoms with Gasteiger partial charge in [0, 0.05) is 5.69 Å². The maximum absolute atomic E-state index is 12.3. The topological polar surface area (TPSA) is 75.6 Å². The van der Waals surface area contributed by atoms with E-state index in [4.69, 9.17) is 9.84 Å². The zero-order valence-electron chi connectivity index (χ0n) is 14.7. The minimum atomic E-state index is -0.827. The highest BCUT2D eigenvalue weighted by Gasteiger charge is 2.16. The highest BCUT2D eigenvalue weighted by atomic mass is 16.5. The highest BCUT2D eigenvalue weighted by Crippen LogP contribution is 2.22. The van der Waals surface area contributed by atoms with Gasteiger partial charge in [-0.3, -0.25) is 9.59 Å². The summed E-state index contributed by atoms with van der Waals surface area (Å²) in [6, 6.07) is 14.7. The van der Waals surface area contributed by atoms with E-state index in [0.29, 0.717) is 11.4 Å². The van der Waals surface area contributed by atoms with Gasteiger partial charge in [0.2, 0.25) is 0 Å². The molecule has 0 heterocycles. The lowest BCUT2D eigenvalue weighted by Crippen LogP contribution is -2.30. The van der Waals surface area contributed by atoms with Crippen LogP contribution in [0, 0.1) is 6.92 Å². The van der Waals surface area contributed by atoms with Crippen LogP contribution in [-0.2, 0) is 9.59 Å². The number of carbonyl (C=O) groups excluding carboxylic acids is 1.